The van der Waals surface area contributed by atoms with Gasteiger partial charge in [-0.3, -0.25) is 0 Å². The third-order valence-electron chi connectivity index (χ3n) is 3.04. The zero-order valence-electron chi connectivity index (χ0n) is 10.2. The van der Waals surface area contributed by atoms with Crippen molar-refractivity contribution in [3.63, 3.8) is 0 Å². The van der Waals surface area contributed by atoms with Gasteiger partial charge in [0.05, 0.1) is 11.8 Å². The highest BCUT2D eigenvalue weighted by Crippen LogP contribution is 2.38. The van der Waals surface area contributed by atoms with Crippen LogP contribution in [0.25, 0.3) is 0 Å². The van der Waals surface area contributed by atoms with Gasteiger partial charge in [-0.2, -0.15) is 0 Å². The molecule has 0 aromatic carbocycles. The lowest BCUT2D eigenvalue weighted by molar-refractivity contribution is 0.185. The van der Waals surface area contributed by atoms with Crippen molar-refractivity contribution in [2.45, 2.75) is 46.1 Å². The molecule has 1 aromatic rings. The third-order valence-corrected chi connectivity index (χ3v) is 3.04. The normalized spacial score (nSPS) is 26.4. The first-order valence-electron chi connectivity index (χ1n) is 5.73. The van der Waals surface area contributed by atoms with Crippen LogP contribution in [-0.2, 0) is 12.0 Å². The lowest BCUT2D eigenvalue weighted by atomic mass is 9.77. The maximum atomic E-state index is 5.65. The Morgan fingerprint density at radius 2 is 2.20 bits per heavy atom. The molecule has 2 heteroatoms. The smallest absolute Gasteiger partial charge is 0.126 e. The van der Waals surface area contributed by atoms with Crippen molar-refractivity contribution in [1.29, 1.82) is 0 Å². The molecule has 84 valence electrons. The van der Waals surface area contributed by atoms with Gasteiger partial charge in [0.25, 0.3) is 0 Å². The van der Waals surface area contributed by atoms with Crippen molar-refractivity contribution < 1.29 is 4.42 Å². The molecule has 2 heterocycles. The number of hydrogen-bond donors (Lipinski definition) is 1. The average molecular weight is 207 g/mol. The van der Waals surface area contributed by atoms with Crippen LogP contribution in [0.2, 0.25) is 0 Å². The lowest BCUT2D eigenvalue weighted by Crippen LogP contribution is -2.46. The van der Waals surface area contributed by atoms with E-state index in [0.29, 0.717) is 5.41 Å². The molecule has 0 amide bonds. The van der Waals surface area contributed by atoms with Gasteiger partial charge in [-0.1, -0.05) is 20.8 Å². The molecule has 1 atom stereocenters. The summed E-state index contributed by atoms with van der Waals surface area (Å²) in [6, 6.07) is 2.11. The van der Waals surface area contributed by atoms with Crippen molar-refractivity contribution in [2.75, 3.05) is 6.54 Å². The second kappa shape index (κ2) is 3.38. The topological polar surface area (TPSA) is 25.2 Å². The number of fused-ring (bicyclic) bond motifs is 1. The van der Waals surface area contributed by atoms with Crippen LogP contribution < -0.4 is 5.32 Å². The van der Waals surface area contributed by atoms with Crippen LogP contribution in [-0.4, -0.2) is 6.54 Å². The molecule has 0 saturated heterocycles. The molecular weight excluding hydrogens is 186 g/mol. The molecule has 0 bridgehead atoms. The molecule has 1 N–H and O–H groups in total. The molecule has 2 nitrogen and oxygen atoms in total. The van der Waals surface area contributed by atoms with Gasteiger partial charge in [-0.05, 0) is 36.8 Å². The van der Waals surface area contributed by atoms with E-state index in [9.17, 15) is 0 Å². The predicted octanol–water partition coefficient (Wildman–Crippen LogP) is 3.08. The van der Waals surface area contributed by atoms with E-state index in [0.717, 1.165) is 25.1 Å². The van der Waals surface area contributed by atoms with E-state index in [1.54, 1.807) is 0 Å². The van der Waals surface area contributed by atoms with Crippen LogP contribution in [0.1, 0.15) is 45.4 Å². The van der Waals surface area contributed by atoms with E-state index in [2.05, 4.69) is 39.1 Å². The monoisotopic (exact) mass is 207 g/mol. The minimum absolute atomic E-state index is 0.00926. The molecule has 0 saturated carbocycles. The summed E-state index contributed by atoms with van der Waals surface area (Å²) in [6.45, 7) is 10.1. The molecule has 2 rings (SSSR count). The molecule has 0 fully saturated rings. The Kier molecular flexibility index (Phi) is 2.42. The summed E-state index contributed by atoms with van der Waals surface area (Å²) in [5.74, 6) is 1.14. The number of rotatable bonds is 1. The zero-order valence-corrected chi connectivity index (χ0v) is 10.2. The van der Waals surface area contributed by atoms with Crippen LogP contribution in [0.4, 0.5) is 0 Å². The highest BCUT2D eigenvalue weighted by molar-refractivity contribution is 5.27. The first-order valence-corrected chi connectivity index (χ1v) is 5.73. The van der Waals surface area contributed by atoms with E-state index in [1.165, 1.54) is 5.56 Å². The third kappa shape index (κ3) is 2.10. The Bertz CT molecular complexity index is 348. The van der Waals surface area contributed by atoms with Crippen molar-refractivity contribution in [3.05, 3.63) is 23.7 Å². The van der Waals surface area contributed by atoms with E-state index in [4.69, 9.17) is 4.42 Å². The summed E-state index contributed by atoms with van der Waals surface area (Å²) in [7, 11) is 0. The van der Waals surface area contributed by atoms with E-state index in [1.807, 2.05) is 6.26 Å². The fourth-order valence-electron chi connectivity index (χ4n) is 2.77. The molecule has 1 aromatic heterocycles. The summed E-state index contributed by atoms with van der Waals surface area (Å²) in [4.78, 5) is 0. The van der Waals surface area contributed by atoms with Crippen LogP contribution in [0.3, 0.4) is 0 Å². The summed E-state index contributed by atoms with van der Waals surface area (Å²) in [5.41, 5.74) is 1.69. The van der Waals surface area contributed by atoms with Crippen molar-refractivity contribution in [1.82, 2.24) is 5.32 Å². The van der Waals surface area contributed by atoms with Crippen molar-refractivity contribution in [3.8, 4) is 0 Å². The minimum atomic E-state index is 0.00926. The Hall–Kier alpha value is -0.760. The van der Waals surface area contributed by atoms with Crippen molar-refractivity contribution >= 4 is 0 Å². The largest absolute Gasteiger partial charge is 0.467 e. The zero-order chi connectivity index (χ0) is 11.1. The molecule has 0 spiro atoms. The summed E-state index contributed by atoms with van der Waals surface area (Å²) in [6.07, 6.45) is 4.00. The van der Waals surface area contributed by atoms with Crippen LogP contribution in [0.5, 0.6) is 0 Å². The summed E-state index contributed by atoms with van der Waals surface area (Å²) in [5, 5.41) is 3.60. The quantitative estimate of drug-likeness (QED) is 0.765. The summed E-state index contributed by atoms with van der Waals surface area (Å²) >= 11 is 0. The van der Waals surface area contributed by atoms with E-state index < -0.39 is 0 Å². The van der Waals surface area contributed by atoms with Gasteiger partial charge in [0.1, 0.15) is 5.76 Å². The maximum absolute atomic E-state index is 5.65. The fourth-order valence-corrected chi connectivity index (χ4v) is 2.77. The van der Waals surface area contributed by atoms with Crippen LogP contribution in [0, 0.1) is 5.41 Å². The second-order valence-electron chi connectivity index (χ2n) is 6.02. The van der Waals surface area contributed by atoms with E-state index >= 15 is 0 Å². The highest BCUT2D eigenvalue weighted by Gasteiger charge is 2.37. The van der Waals surface area contributed by atoms with Crippen LogP contribution >= 0.6 is 0 Å². The second-order valence-corrected chi connectivity index (χ2v) is 6.02. The Balaban J connectivity index is 2.31. The molecule has 1 aliphatic heterocycles. The highest BCUT2D eigenvalue weighted by atomic mass is 16.3. The van der Waals surface area contributed by atoms with Gasteiger partial charge < -0.3 is 9.73 Å². The Morgan fingerprint density at radius 1 is 1.47 bits per heavy atom. The maximum Gasteiger partial charge on any atom is 0.126 e. The number of furan rings is 1. The van der Waals surface area contributed by atoms with Crippen LogP contribution in [0.15, 0.2) is 16.7 Å². The molecule has 15 heavy (non-hydrogen) atoms. The first kappa shape index (κ1) is 10.7. The van der Waals surface area contributed by atoms with Gasteiger partial charge in [0, 0.05) is 6.54 Å². The van der Waals surface area contributed by atoms with Gasteiger partial charge >= 0.3 is 0 Å². The average Bonchev–Trinajstić information content (AvgIpc) is 2.49. The number of nitrogens with one attached hydrogen (secondary N) is 1. The van der Waals surface area contributed by atoms with Gasteiger partial charge in [-0.15, -0.1) is 0 Å². The molecular formula is C13H21NO. The Labute approximate surface area is 92.1 Å². The van der Waals surface area contributed by atoms with Crippen molar-refractivity contribution in [2.24, 2.45) is 5.41 Å². The molecule has 1 unspecified atom stereocenters. The number of hydrogen-bond acceptors (Lipinski definition) is 2. The fraction of sp³-hybridized carbons (Fsp3) is 0.692. The van der Waals surface area contributed by atoms with Gasteiger partial charge in [-0.25, -0.2) is 0 Å². The lowest BCUT2D eigenvalue weighted by Gasteiger charge is -2.38. The molecule has 0 radical (unpaired) electrons. The SMILES string of the molecule is CC(C)(C)CC1(C)NCCc2ccoc21. The standard InChI is InChI=1S/C13H21NO/c1-12(2,3)9-13(4)11-10(5-7-14-13)6-8-15-11/h6,8,14H,5,7,9H2,1-4H3. The molecule has 1 aliphatic rings. The molecule has 0 aliphatic carbocycles. The minimum Gasteiger partial charge on any atom is -0.467 e. The van der Waals surface area contributed by atoms with Gasteiger partial charge in [0.15, 0.2) is 0 Å². The predicted molar refractivity (Wildman–Crippen MR) is 61.8 cm³/mol. The van der Waals surface area contributed by atoms with E-state index in [-0.39, 0.29) is 5.54 Å². The van der Waals surface area contributed by atoms with Gasteiger partial charge in [0.2, 0.25) is 0 Å². The summed E-state index contributed by atoms with van der Waals surface area (Å²) < 4.78 is 5.65. The Morgan fingerprint density at radius 3 is 2.87 bits per heavy atom. The first-order chi connectivity index (χ1) is 6.91.